The van der Waals surface area contributed by atoms with Crippen molar-refractivity contribution in [3.05, 3.63) is 23.3 Å². The van der Waals surface area contributed by atoms with Crippen LogP contribution in [-0.4, -0.2) is 67.8 Å². The van der Waals surface area contributed by atoms with E-state index in [1.165, 1.54) is 11.1 Å². The number of fused-ring (bicyclic) bond motifs is 3. The Morgan fingerprint density at radius 2 is 1.75 bits per heavy atom. The third-order valence-corrected chi connectivity index (χ3v) is 9.60. The fourth-order valence-electron chi connectivity index (χ4n) is 7.14. The number of benzene rings is 1. The summed E-state index contributed by atoms with van der Waals surface area (Å²) < 4.78 is 17.4. The number of likely N-dealkylation sites (tertiary alicyclic amines) is 1. The molecule has 36 heavy (non-hydrogen) atoms. The van der Waals surface area contributed by atoms with Gasteiger partial charge >= 0.3 is 5.97 Å². The summed E-state index contributed by atoms with van der Waals surface area (Å²) in [6, 6.07) is 4.66. The SMILES string of the molecule is COc1cc2c(cc1OC)[C@H]1C[C@@H](COC(=O)C3CC(C)(C)N(C)C3(C)C)[C@H](CC(C)C)CN1CC2. The smallest absolute Gasteiger partial charge is 0.310 e. The molecule has 0 spiro atoms. The normalized spacial score (nSPS) is 29.5. The first-order valence-electron chi connectivity index (χ1n) is 13.8. The second-order valence-electron chi connectivity index (χ2n) is 13.0. The van der Waals surface area contributed by atoms with Gasteiger partial charge < -0.3 is 14.2 Å². The number of carbonyl (C=O) groups excluding carboxylic acids is 1. The van der Waals surface area contributed by atoms with Crippen LogP contribution in [0, 0.1) is 23.7 Å². The molecule has 0 radical (unpaired) electrons. The predicted octanol–water partition coefficient (Wildman–Crippen LogP) is 5.34. The van der Waals surface area contributed by atoms with Gasteiger partial charge in [0, 0.05) is 30.2 Å². The minimum absolute atomic E-state index is 0.00930. The third-order valence-electron chi connectivity index (χ3n) is 9.60. The highest BCUT2D eigenvalue weighted by atomic mass is 16.5. The van der Waals surface area contributed by atoms with E-state index >= 15 is 0 Å². The van der Waals surface area contributed by atoms with Crippen molar-refractivity contribution in [3.63, 3.8) is 0 Å². The minimum atomic E-state index is -0.209. The summed E-state index contributed by atoms with van der Waals surface area (Å²) in [5.41, 5.74) is 2.48. The number of carbonyl (C=O) groups is 1. The average molecular weight is 501 g/mol. The minimum Gasteiger partial charge on any atom is -0.493 e. The molecule has 0 aromatic heterocycles. The van der Waals surface area contributed by atoms with Crippen LogP contribution in [0.4, 0.5) is 0 Å². The van der Waals surface area contributed by atoms with E-state index in [1.54, 1.807) is 14.2 Å². The number of hydrogen-bond acceptors (Lipinski definition) is 6. The van der Waals surface area contributed by atoms with Gasteiger partial charge in [0.1, 0.15) is 0 Å². The largest absolute Gasteiger partial charge is 0.493 e. The molecule has 4 rings (SSSR count). The fraction of sp³-hybridized carbons (Fsp3) is 0.767. The van der Waals surface area contributed by atoms with Crippen LogP contribution in [0.5, 0.6) is 11.5 Å². The molecule has 0 saturated carbocycles. The zero-order chi connectivity index (χ0) is 26.4. The summed E-state index contributed by atoms with van der Waals surface area (Å²) in [4.78, 5) is 18.4. The number of hydrogen-bond donors (Lipinski definition) is 0. The van der Waals surface area contributed by atoms with E-state index in [0.29, 0.717) is 30.4 Å². The average Bonchev–Trinajstić information content (AvgIpc) is 3.00. The monoisotopic (exact) mass is 500 g/mol. The molecule has 3 heterocycles. The van der Waals surface area contributed by atoms with E-state index < -0.39 is 0 Å². The Morgan fingerprint density at radius 1 is 1.08 bits per heavy atom. The van der Waals surface area contributed by atoms with Crippen molar-refractivity contribution in [2.45, 2.75) is 84.3 Å². The van der Waals surface area contributed by atoms with Crippen molar-refractivity contribution in [3.8, 4) is 11.5 Å². The van der Waals surface area contributed by atoms with Gasteiger partial charge in [-0.1, -0.05) is 13.8 Å². The van der Waals surface area contributed by atoms with E-state index in [2.05, 4.69) is 70.5 Å². The van der Waals surface area contributed by atoms with Gasteiger partial charge in [0.15, 0.2) is 11.5 Å². The summed E-state index contributed by atoms with van der Waals surface area (Å²) in [6.07, 6.45) is 4.03. The molecular formula is C30H48N2O4. The first-order chi connectivity index (χ1) is 16.9. The van der Waals surface area contributed by atoms with Crippen LogP contribution in [0.15, 0.2) is 12.1 Å². The summed E-state index contributed by atoms with van der Waals surface area (Å²) >= 11 is 0. The highest BCUT2D eigenvalue weighted by Gasteiger charge is 2.53. The van der Waals surface area contributed by atoms with Gasteiger partial charge in [-0.25, -0.2) is 0 Å². The molecule has 0 N–H and O–H groups in total. The number of esters is 1. The van der Waals surface area contributed by atoms with Gasteiger partial charge in [0.05, 0.1) is 26.7 Å². The van der Waals surface area contributed by atoms with Crippen LogP contribution in [-0.2, 0) is 16.0 Å². The first kappa shape index (κ1) is 27.3. The molecule has 1 unspecified atom stereocenters. The zero-order valence-electron chi connectivity index (χ0n) is 24.0. The van der Waals surface area contributed by atoms with Crippen molar-refractivity contribution in [2.75, 3.05) is 41.0 Å². The Bertz CT molecular complexity index is 957. The van der Waals surface area contributed by atoms with Gasteiger partial charge in [-0.15, -0.1) is 0 Å². The Morgan fingerprint density at radius 3 is 2.33 bits per heavy atom. The van der Waals surface area contributed by atoms with Crippen LogP contribution in [0.3, 0.4) is 0 Å². The third kappa shape index (κ3) is 5.00. The van der Waals surface area contributed by atoms with Crippen LogP contribution < -0.4 is 9.47 Å². The molecule has 4 atom stereocenters. The molecule has 202 valence electrons. The maximum Gasteiger partial charge on any atom is 0.310 e. The second kappa shape index (κ2) is 10.2. The first-order valence-corrected chi connectivity index (χ1v) is 13.8. The van der Waals surface area contributed by atoms with E-state index in [0.717, 1.165) is 50.3 Å². The zero-order valence-corrected chi connectivity index (χ0v) is 24.0. The standard InChI is InChI=1S/C30H48N2O4/c1-19(2)12-21-17-32-11-10-20-14-26(34-8)27(35-9)15-23(20)25(32)13-22(21)18-36-28(33)24-16-29(3,4)31(7)30(24,5)6/h14-15,19,21-22,24-25H,10-13,16-18H2,1-9H3/t21-,22+,24?,25-/m1/s1. The number of methoxy groups -OCH3 is 2. The number of rotatable bonds is 7. The lowest BCUT2D eigenvalue weighted by Crippen LogP contribution is -2.49. The van der Waals surface area contributed by atoms with Gasteiger partial charge in [-0.3, -0.25) is 14.6 Å². The van der Waals surface area contributed by atoms with E-state index in [-0.39, 0.29) is 23.0 Å². The highest BCUT2D eigenvalue weighted by molar-refractivity contribution is 5.75. The van der Waals surface area contributed by atoms with Crippen LogP contribution in [0.2, 0.25) is 0 Å². The second-order valence-corrected chi connectivity index (χ2v) is 13.0. The summed E-state index contributed by atoms with van der Waals surface area (Å²) in [5, 5.41) is 0. The lowest BCUT2D eigenvalue weighted by atomic mass is 9.74. The van der Waals surface area contributed by atoms with E-state index in [4.69, 9.17) is 14.2 Å². The molecule has 6 nitrogen and oxygen atoms in total. The molecular weight excluding hydrogens is 452 g/mol. The maximum absolute atomic E-state index is 13.4. The fourth-order valence-corrected chi connectivity index (χ4v) is 7.14. The molecule has 2 fully saturated rings. The maximum atomic E-state index is 13.4. The lowest BCUT2D eigenvalue weighted by Gasteiger charge is -2.47. The number of ether oxygens (including phenoxy) is 3. The van der Waals surface area contributed by atoms with Crippen molar-refractivity contribution in [2.24, 2.45) is 23.7 Å². The summed E-state index contributed by atoms with van der Waals surface area (Å²) in [5.74, 6) is 2.97. The molecule has 0 amide bonds. The van der Waals surface area contributed by atoms with Gasteiger partial charge in [-0.05, 0) is 101 Å². The highest BCUT2D eigenvalue weighted by Crippen LogP contribution is 2.47. The van der Waals surface area contributed by atoms with Crippen LogP contribution >= 0.6 is 0 Å². The molecule has 1 aromatic carbocycles. The van der Waals surface area contributed by atoms with Crippen LogP contribution in [0.1, 0.15) is 78.0 Å². The molecule has 2 saturated heterocycles. The molecule has 3 aliphatic heterocycles. The Balaban J connectivity index is 1.53. The van der Waals surface area contributed by atoms with Crippen molar-refractivity contribution in [1.29, 1.82) is 0 Å². The lowest BCUT2D eigenvalue weighted by molar-refractivity contribution is -0.154. The molecule has 3 aliphatic rings. The molecule has 6 heteroatoms. The Labute approximate surface area is 218 Å². The quantitative estimate of drug-likeness (QED) is 0.471. The predicted molar refractivity (Wildman–Crippen MR) is 144 cm³/mol. The topological polar surface area (TPSA) is 51.2 Å². The van der Waals surface area contributed by atoms with Gasteiger partial charge in [0.2, 0.25) is 0 Å². The van der Waals surface area contributed by atoms with E-state index in [1.807, 2.05) is 0 Å². The van der Waals surface area contributed by atoms with Gasteiger partial charge in [0.25, 0.3) is 0 Å². The summed E-state index contributed by atoms with van der Waals surface area (Å²) in [6.45, 7) is 16.0. The van der Waals surface area contributed by atoms with Crippen molar-refractivity contribution < 1.29 is 19.0 Å². The van der Waals surface area contributed by atoms with Crippen LogP contribution in [0.25, 0.3) is 0 Å². The Kier molecular flexibility index (Phi) is 7.70. The molecule has 0 bridgehead atoms. The van der Waals surface area contributed by atoms with E-state index in [9.17, 15) is 4.79 Å². The Hall–Kier alpha value is -1.79. The number of piperidine rings is 1. The van der Waals surface area contributed by atoms with Gasteiger partial charge in [-0.2, -0.15) is 0 Å². The summed E-state index contributed by atoms with van der Waals surface area (Å²) in [7, 11) is 5.53. The molecule has 0 aliphatic carbocycles. The van der Waals surface area contributed by atoms with Crippen molar-refractivity contribution >= 4 is 5.97 Å². The number of nitrogens with zero attached hydrogens (tertiary/aromatic N) is 2. The molecule has 1 aromatic rings. The van der Waals surface area contributed by atoms with Crippen molar-refractivity contribution in [1.82, 2.24) is 9.80 Å².